The number of aliphatic hydroxyl groups is 2. The van der Waals surface area contributed by atoms with Crippen molar-refractivity contribution in [3.05, 3.63) is 0 Å². The molecule has 4 atom stereocenters. The molecular weight excluding hydrogens is 344 g/mol. The Kier molecular flexibility index (Phi) is 9.95. The summed E-state index contributed by atoms with van der Waals surface area (Å²) in [4.78, 5) is 46.1. The minimum Gasteiger partial charge on any atom is -0.480 e. The molecule has 8 N–H and O–H groups in total. The third-order valence-electron chi connectivity index (χ3n) is 2.88. The Morgan fingerprint density at radius 3 is 2.00 bits per heavy atom. The van der Waals surface area contributed by atoms with Crippen LogP contribution in [-0.4, -0.2) is 82.1 Å². The molecule has 11 nitrogen and oxygen atoms in total. The Hall–Kier alpha value is -1.89. The molecule has 0 saturated carbocycles. The highest BCUT2D eigenvalue weighted by atomic mass is 32.1. The van der Waals surface area contributed by atoms with E-state index in [1.54, 1.807) is 0 Å². The molecule has 0 aliphatic heterocycles. The molecule has 0 spiro atoms. The summed E-state index contributed by atoms with van der Waals surface area (Å²) in [5.74, 6) is -4.10. The van der Waals surface area contributed by atoms with Crippen molar-refractivity contribution < 1.29 is 34.5 Å². The molecule has 4 unspecified atom stereocenters. The summed E-state index contributed by atoms with van der Waals surface area (Å²) in [5, 5.41) is 33.6. The Bertz CT molecular complexity index is 474. The van der Waals surface area contributed by atoms with Crippen molar-refractivity contribution in [3.8, 4) is 0 Å². The predicted molar refractivity (Wildman–Crippen MR) is 85.1 cm³/mol. The SMILES string of the molecule is CC(O)C(NC(=O)CN)C(=O)NC(CS)C(=O)NC(CO)C(=O)O. The third-order valence-corrected chi connectivity index (χ3v) is 3.24. The van der Waals surface area contributed by atoms with Gasteiger partial charge in [0.05, 0.1) is 19.3 Å². The Labute approximate surface area is 143 Å². The van der Waals surface area contributed by atoms with Gasteiger partial charge in [0, 0.05) is 5.75 Å². The van der Waals surface area contributed by atoms with Crippen LogP contribution in [0.1, 0.15) is 6.92 Å². The molecule has 3 amide bonds. The minimum absolute atomic E-state index is 0.188. The first-order chi connectivity index (χ1) is 11.2. The van der Waals surface area contributed by atoms with Crippen LogP contribution in [0.2, 0.25) is 0 Å². The first kappa shape index (κ1) is 22.1. The van der Waals surface area contributed by atoms with Gasteiger partial charge in [0.1, 0.15) is 18.1 Å². The Balaban J connectivity index is 4.94. The van der Waals surface area contributed by atoms with Gasteiger partial charge in [0.25, 0.3) is 0 Å². The number of hydrogen-bond acceptors (Lipinski definition) is 8. The fourth-order valence-electron chi connectivity index (χ4n) is 1.55. The maximum atomic E-state index is 12.1. The van der Waals surface area contributed by atoms with Crippen LogP contribution in [0.15, 0.2) is 0 Å². The van der Waals surface area contributed by atoms with Gasteiger partial charge in [-0.3, -0.25) is 14.4 Å². The van der Waals surface area contributed by atoms with Crippen LogP contribution in [0.3, 0.4) is 0 Å². The van der Waals surface area contributed by atoms with Gasteiger partial charge in [-0.2, -0.15) is 12.6 Å². The van der Waals surface area contributed by atoms with Crippen LogP contribution in [0.25, 0.3) is 0 Å². The first-order valence-corrected chi connectivity index (χ1v) is 7.53. The molecule has 138 valence electrons. The standard InChI is InChI=1S/C12H22N4O7S/c1-5(18)9(16-8(19)2-13)11(21)15-7(4-24)10(20)14-6(3-17)12(22)23/h5-7,9,17-18,24H,2-4,13H2,1H3,(H,14,20)(H,15,21)(H,16,19)(H,22,23). The van der Waals surface area contributed by atoms with Crippen molar-refractivity contribution in [3.63, 3.8) is 0 Å². The molecule has 0 aliphatic rings. The third kappa shape index (κ3) is 7.12. The number of carboxylic acid groups (broad SMARTS) is 1. The van der Waals surface area contributed by atoms with E-state index < -0.39 is 61.1 Å². The van der Waals surface area contributed by atoms with Crippen LogP contribution in [0.5, 0.6) is 0 Å². The summed E-state index contributed by atoms with van der Waals surface area (Å²) in [7, 11) is 0. The lowest BCUT2D eigenvalue weighted by molar-refractivity contribution is -0.143. The van der Waals surface area contributed by atoms with E-state index in [0.29, 0.717) is 0 Å². The number of thiol groups is 1. The smallest absolute Gasteiger partial charge is 0.328 e. The lowest BCUT2D eigenvalue weighted by Crippen LogP contribution is -2.59. The summed E-state index contributed by atoms with van der Waals surface area (Å²) in [6.45, 7) is 0.0178. The van der Waals surface area contributed by atoms with Crippen LogP contribution in [-0.2, 0) is 19.2 Å². The maximum absolute atomic E-state index is 12.1. The highest BCUT2D eigenvalue weighted by Gasteiger charge is 2.30. The largest absolute Gasteiger partial charge is 0.480 e. The summed E-state index contributed by atoms with van der Waals surface area (Å²) in [6.07, 6.45) is -1.27. The van der Waals surface area contributed by atoms with E-state index >= 15 is 0 Å². The zero-order valence-electron chi connectivity index (χ0n) is 12.9. The van der Waals surface area contributed by atoms with Crippen LogP contribution in [0, 0.1) is 0 Å². The quantitative estimate of drug-likeness (QED) is 0.178. The van der Waals surface area contributed by atoms with Crippen molar-refractivity contribution in [2.24, 2.45) is 5.73 Å². The maximum Gasteiger partial charge on any atom is 0.328 e. The Morgan fingerprint density at radius 1 is 1.08 bits per heavy atom. The van der Waals surface area contributed by atoms with Gasteiger partial charge < -0.3 is 37.0 Å². The van der Waals surface area contributed by atoms with Gasteiger partial charge in [0.2, 0.25) is 17.7 Å². The molecular formula is C12H22N4O7S. The molecule has 12 heteroatoms. The monoisotopic (exact) mass is 366 g/mol. The van der Waals surface area contributed by atoms with Gasteiger partial charge in [-0.05, 0) is 6.92 Å². The van der Waals surface area contributed by atoms with Crippen LogP contribution < -0.4 is 21.7 Å². The number of aliphatic carboxylic acids is 1. The number of rotatable bonds is 10. The number of nitrogens with one attached hydrogen (secondary N) is 3. The fraction of sp³-hybridized carbons (Fsp3) is 0.667. The molecule has 0 bridgehead atoms. The molecule has 0 rings (SSSR count). The minimum atomic E-state index is -1.54. The molecule has 0 radical (unpaired) electrons. The van der Waals surface area contributed by atoms with Crippen molar-refractivity contribution in [1.29, 1.82) is 0 Å². The average Bonchev–Trinajstić information content (AvgIpc) is 2.53. The average molecular weight is 366 g/mol. The molecule has 0 aromatic rings. The van der Waals surface area contributed by atoms with E-state index in [-0.39, 0.29) is 5.75 Å². The highest BCUT2D eigenvalue weighted by molar-refractivity contribution is 7.80. The zero-order valence-corrected chi connectivity index (χ0v) is 13.8. The fourth-order valence-corrected chi connectivity index (χ4v) is 1.81. The van der Waals surface area contributed by atoms with Gasteiger partial charge in [0.15, 0.2) is 0 Å². The number of carbonyl (C=O) groups is 4. The lowest BCUT2D eigenvalue weighted by atomic mass is 10.1. The molecule has 0 aromatic carbocycles. The van der Waals surface area contributed by atoms with Crippen molar-refractivity contribution in [2.45, 2.75) is 31.2 Å². The zero-order chi connectivity index (χ0) is 18.9. The number of carboxylic acids is 1. The number of nitrogens with two attached hydrogens (primary N) is 1. The second-order valence-corrected chi connectivity index (χ2v) is 5.18. The van der Waals surface area contributed by atoms with Crippen molar-refractivity contribution in [1.82, 2.24) is 16.0 Å². The molecule has 0 saturated heterocycles. The molecule has 0 fully saturated rings. The van der Waals surface area contributed by atoms with E-state index in [2.05, 4.69) is 23.3 Å². The second-order valence-electron chi connectivity index (χ2n) is 4.82. The van der Waals surface area contributed by atoms with Crippen LogP contribution >= 0.6 is 12.6 Å². The van der Waals surface area contributed by atoms with E-state index in [4.69, 9.17) is 15.9 Å². The normalized spacial score (nSPS) is 15.5. The summed E-state index contributed by atoms with van der Waals surface area (Å²) >= 11 is 3.89. The lowest BCUT2D eigenvalue weighted by Gasteiger charge is -2.24. The summed E-state index contributed by atoms with van der Waals surface area (Å²) < 4.78 is 0. The number of carbonyl (C=O) groups excluding carboxylic acids is 3. The molecule has 24 heavy (non-hydrogen) atoms. The predicted octanol–water partition coefficient (Wildman–Crippen LogP) is -4.21. The molecule has 0 aromatic heterocycles. The van der Waals surface area contributed by atoms with E-state index in [9.17, 15) is 24.3 Å². The summed E-state index contributed by atoms with van der Waals surface area (Å²) in [6, 6.07) is -4.14. The Morgan fingerprint density at radius 2 is 1.62 bits per heavy atom. The number of amides is 3. The van der Waals surface area contributed by atoms with Gasteiger partial charge in [-0.1, -0.05) is 0 Å². The van der Waals surface area contributed by atoms with Gasteiger partial charge in [-0.15, -0.1) is 0 Å². The van der Waals surface area contributed by atoms with E-state index in [1.165, 1.54) is 6.92 Å². The molecule has 0 heterocycles. The molecule has 0 aliphatic carbocycles. The number of aliphatic hydroxyl groups excluding tert-OH is 2. The van der Waals surface area contributed by atoms with Gasteiger partial charge in [-0.25, -0.2) is 4.79 Å². The second kappa shape index (κ2) is 10.8. The first-order valence-electron chi connectivity index (χ1n) is 6.90. The van der Waals surface area contributed by atoms with Crippen molar-refractivity contribution in [2.75, 3.05) is 18.9 Å². The van der Waals surface area contributed by atoms with E-state index in [1.807, 2.05) is 5.32 Å². The number of hydrogen-bond donors (Lipinski definition) is 8. The topological polar surface area (TPSA) is 191 Å². The van der Waals surface area contributed by atoms with Gasteiger partial charge >= 0.3 is 5.97 Å². The summed E-state index contributed by atoms with van der Waals surface area (Å²) in [5.41, 5.74) is 5.11. The highest BCUT2D eigenvalue weighted by Crippen LogP contribution is 1.98. The van der Waals surface area contributed by atoms with Crippen molar-refractivity contribution >= 4 is 36.3 Å². The van der Waals surface area contributed by atoms with E-state index in [0.717, 1.165) is 0 Å². The van der Waals surface area contributed by atoms with Crippen LogP contribution in [0.4, 0.5) is 0 Å².